The molecule has 8 nitrogen and oxygen atoms in total. The molecular weight excluding hydrogens is 459 g/mol. The molecule has 4 heterocycles. The van der Waals surface area contributed by atoms with Gasteiger partial charge in [-0.25, -0.2) is 0 Å². The molecule has 184 valence electrons. The summed E-state index contributed by atoms with van der Waals surface area (Å²) in [6.07, 6.45) is 10.8. The molecule has 1 aliphatic heterocycles. The molecule has 6 rings (SSSR count). The Morgan fingerprint density at radius 1 is 1.08 bits per heavy atom. The summed E-state index contributed by atoms with van der Waals surface area (Å²) in [5, 5.41) is 4.44. The summed E-state index contributed by atoms with van der Waals surface area (Å²) < 4.78 is 14.2. The molecule has 3 aromatic heterocycles. The number of aromatic amines is 1. The van der Waals surface area contributed by atoms with Crippen LogP contribution < -0.4 is 5.56 Å². The van der Waals surface area contributed by atoms with Crippen LogP contribution in [0.4, 0.5) is 4.39 Å². The van der Waals surface area contributed by atoms with E-state index in [1.165, 1.54) is 60.4 Å². The normalized spacial score (nSPS) is 16.5. The number of alkyl halides is 1. The lowest BCUT2D eigenvalue weighted by molar-refractivity contribution is 0.0455. The van der Waals surface area contributed by atoms with Gasteiger partial charge in [0.05, 0.1) is 18.6 Å². The Morgan fingerprint density at radius 3 is 2.56 bits per heavy atom. The van der Waals surface area contributed by atoms with E-state index in [-0.39, 0.29) is 28.6 Å². The Hall–Kier alpha value is -3.88. The molecule has 1 aromatic carbocycles. The smallest absolute Gasteiger partial charge is 0.274 e. The predicted molar refractivity (Wildman–Crippen MR) is 133 cm³/mol. The zero-order valence-electron chi connectivity index (χ0n) is 19.9. The maximum Gasteiger partial charge on any atom is 0.274 e. The minimum atomic E-state index is -0.465. The van der Waals surface area contributed by atoms with Crippen LogP contribution in [0.3, 0.4) is 0 Å². The topological polar surface area (TPSA) is 96.2 Å². The fraction of sp³-hybridized carbons (Fsp3) is 0.370. The first-order chi connectivity index (χ1) is 17.6. The van der Waals surface area contributed by atoms with Crippen LogP contribution in [0.15, 0.2) is 53.7 Å². The molecule has 2 aliphatic rings. The zero-order chi connectivity index (χ0) is 24.6. The number of aromatic nitrogens is 5. The van der Waals surface area contributed by atoms with Gasteiger partial charge in [0.25, 0.3) is 11.5 Å². The second kappa shape index (κ2) is 9.29. The lowest BCUT2D eigenvalue weighted by atomic mass is 9.97. The number of likely N-dealkylation sites (tertiary alicyclic amines) is 1. The molecule has 0 bridgehead atoms. The van der Waals surface area contributed by atoms with E-state index in [4.69, 9.17) is 0 Å². The van der Waals surface area contributed by atoms with Gasteiger partial charge in [0.2, 0.25) is 0 Å². The van der Waals surface area contributed by atoms with E-state index in [1.54, 1.807) is 4.90 Å². The third-order valence-electron chi connectivity index (χ3n) is 7.36. The number of benzene rings is 1. The standard InChI is InChI=1S/C27H27FN6O2/c28-13-19-15-33(16-19)27(36)24-25(22-14-29-9-10-30-22)32-34-23(35)12-21(31-26(24)34)20-7-5-18(6-8-20)11-17-3-1-2-4-17/h5-10,12,14,17,19,31H,1-4,11,13,15-16H2. The molecule has 9 heteroatoms. The molecular formula is C27H27FN6O2. The van der Waals surface area contributed by atoms with Crippen LogP contribution in [0.25, 0.3) is 28.3 Å². The van der Waals surface area contributed by atoms with Crippen molar-refractivity contribution >= 4 is 11.6 Å². The van der Waals surface area contributed by atoms with Gasteiger partial charge in [0.15, 0.2) is 5.65 Å². The maximum atomic E-state index is 13.5. The number of carbonyl (C=O) groups is 1. The van der Waals surface area contributed by atoms with Crippen LogP contribution in [-0.4, -0.2) is 55.1 Å². The number of nitrogens with one attached hydrogen (secondary N) is 1. The average molecular weight is 487 g/mol. The number of hydrogen-bond donors (Lipinski definition) is 1. The van der Waals surface area contributed by atoms with Gasteiger partial charge < -0.3 is 9.88 Å². The second-order valence-corrected chi connectivity index (χ2v) is 9.88. The summed E-state index contributed by atoms with van der Waals surface area (Å²) in [6, 6.07) is 9.73. The number of H-pyrrole nitrogens is 1. The quantitative estimate of drug-likeness (QED) is 0.446. The van der Waals surface area contributed by atoms with Crippen LogP contribution in [0.5, 0.6) is 0 Å². The number of nitrogens with zero attached hydrogens (tertiary/aromatic N) is 5. The van der Waals surface area contributed by atoms with Crippen LogP contribution >= 0.6 is 0 Å². The number of amides is 1. The zero-order valence-corrected chi connectivity index (χ0v) is 19.9. The van der Waals surface area contributed by atoms with Gasteiger partial charge in [-0.3, -0.25) is 23.9 Å². The number of carbonyl (C=O) groups excluding carboxylic acids is 1. The summed E-state index contributed by atoms with van der Waals surface area (Å²) in [7, 11) is 0. The summed E-state index contributed by atoms with van der Waals surface area (Å²) in [5.74, 6) is 0.286. The molecule has 0 radical (unpaired) electrons. The molecule has 1 N–H and O–H groups in total. The average Bonchev–Trinajstić information content (AvgIpc) is 3.52. The summed E-state index contributed by atoms with van der Waals surface area (Å²) in [6.45, 7) is 0.200. The van der Waals surface area contributed by atoms with E-state index >= 15 is 0 Å². The van der Waals surface area contributed by atoms with Crippen LogP contribution in [0.1, 0.15) is 41.6 Å². The molecule has 4 aromatic rings. The molecule has 1 saturated carbocycles. The largest absolute Gasteiger partial charge is 0.339 e. The van der Waals surface area contributed by atoms with Crippen LogP contribution in [-0.2, 0) is 6.42 Å². The highest BCUT2D eigenvalue weighted by Crippen LogP contribution is 2.30. The van der Waals surface area contributed by atoms with Crippen molar-refractivity contribution in [1.82, 2.24) is 29.5 Å². The number of rotatable bonds is 6. The molecule has 1 aliphatic carbocycles. The minimum absolute atomic E-state index is 0.159. The number of fused-ring (bicyclic) bond motifs is 1. The maximum absolute atomic E-state index is 13.5. The van der Waals surface area contributed by atoms with Gasteiger partial charge in [-0.2, -0.15) is 9.61 Å². The molecule has 0 spiro atoms. The van der Waals surface area contributed by atoms with E-state index in [2.05, 4.69) is 32.2 Å². The van der Waals surface area contributed by atoms with E-state index in [1.807, 2.05) is 12.1 Å². The molecule has 36 heavy (non-hydrogen) atoms. The number of halogens is 1. The Morgan fingerprint density at radius 2 is 1.86 bits per heavy atom. The van der Waals surface area contributed by atoms with Crippen molar-refractivity contribution in [3.8, 4) is 22.6 Å². The first kappa shape index (κ1) is 22.6. The lowest BCUT2D eigenvalue weighted by Crippen LogP contribution is -2.50. The summed E-state index contributed by atoms with van der Waals surface area (Å²) in [4.78, 5) is 39.9. The van der Waals surface area contributed by atoms with Crippen molar-refractivity contribution in [3.05, 3.63) is 70.4 Å². The van der Waals surface area contributed by atoms with Gasteiger partial charge >= 0.3 is 0 Å². The van der Waals surface area contributed by atoms with Crippen molar-refractivity contribution in [1.29, 1.82) is 0 Å². The van der Waals surface area contributed by atoms with E-state index < -0.39 is 6.67 Å². The van der Waals surface area contributed by atoms with Crippen LogP contribution in [0.2, 0.25) is 0 Å². The minimum Gasteiger partial charge on any atom is -0.339 e. The third-order valence-corrected chi connectivity index (χ3v) is 7.36. The predicted octanol–water partition coefficient (Wildman–Crippen LogP) is 3.92. The van der Waals surface area contributed by atoms with Gasteiger partial charge in [0, 0.05) is 37.5 Å². The summed E-state index contributed by atoms with van der Waals surface area (Å²) >= 11 is 0. The Kier molecular flexibility index (Phi) is 5.83. The molecule has 1 amide bonds. The monoisotopic (exact) mass is 486 g/mol. The van der Waals surface area contributed by atoms with Gasteiger partial charge in [0.1, 0.15) is 17.0 Å². The van der Waals surface area contributed by atoms with E-state index in [0.717, 1.165) is 17.9 Å². The lowest BCUT2D eigenvalue weighted by Gasteiger charge is -2.37. The summed E-state index contributed by atoms with van der Waals surface area (Å²) in [5.41, 5.74) is 3.58. The molecule has 0 atom stereocenters. The highest BCUT2D eigenvalue weighted by Gasteiger charge is 2.35. The first-order valence-corrected chi connectivity index (χ1v) is 12.5. The highest BCUT2D eigenvalue weighted by atomic mass is 19.1. The first-order valence-electron chi connectivity index (χ1n) is 12.5. The van der Waals surface area contributed by atoms with Crippen molar-refractivity contribution < 1.29 is 9.18 Å². The van der Waals surface area contributed by atoms with Gasteiger partial charge in [-0.1, -0.05) is 49.9 Å². The fourth-order valence-electron chi connectivity index (χ4n) is 5.36. The number of hydrogen-bond acceptors (Lipinski definition) is 5. The van der Waals surface area contributed by atoms with Crippen molar-refractivity contribution in [3.63, 3.8) is 0 Å². The molecule has 0 unspecified atom stereocenters. The van der Waals surface area contributed by atoms with Crippen molar-refractivity contribution in [2.45, 2.75) is 32.1 Å². The third kappa shape index (κ3) is 4.08. The van der Waals surface area contributed by atoms with Crippen LogP contribution in [0, 0.1) is 11.8 Å². The highest BCUT2D eigenvalue weighted by molar-refractivity contribution is 6.05. The van der Waals surface area contributed by atoms with Gasteiger partial charge in [-0.05, 0) is 23.5 Å². The molecule has 2 fully saturated rings. The fourth-order valence-corrected chi connectivity index (χ4v) is 5.36. The van der Waals surface area contributed by atoms with Gasteiger partial charge in [-0.15, -0.1) is 0 Å². The van der Waals surface area contributed by atoms with Crippen molar-refractivity contribution in [2.75, 3.05) is 19.8 Å². The molecule has 1 saturated heterocycles. The SMILES string of the molecule is O=C(c1c(-c2cnccn2)nn2c(=O)cc(-c3ccc(CC4CCCC4)cc3)[nH]c12)N1CC(CF)C1. The Labute approximate surface area is 207 Å². The van der Waals surface area contributed by atoms with Crippen molar-refractivity contribution in [2.24, 2.45) is 11.8 Å². The van der Waals surface area contributed by atoms with E-state index in [9.17, 15) is 14.0 Å². The second-order valence-electron chi connectivity index (χ2n) is 9.88. The Balaban J connectivity index is 1.41. The van der Waals surface area contributed by atoms with E-state index in [0.29, 0.717) is 30.1 Å². The Bertz CT molecular complexity index is 1450.